The number of hydrogen-bond donors (Lipinski definition) is 1. The predicted molar refractivity (Wildman–Crippen MR) is 33.5 cm³/mol. The summed E-state index contributed by atoms with van der Waals surface area (Å²) in [6, 6.07) is 0. The summed E-state index contributed by atoms with van der Waals surface area (Å²) in [6.07, 6.45) is 4.15. The maximum absolute atomic E-state index is 9.63. The van der Waals surface area contributed by atoms with E-state index in [1.165, 1.54) is 6.41 Å². The molecule has 1 N–H and O–H groups in total. The molecule has 0 aromatic rings. The molecule has 57 valence electrons. The molecule has 1 rings (SSSR count). The Bertz CT molecular complexity index is 101. The minimum atomic E-state index is -0.268. The molecule has 1 amide bonds. The first-order valence-electron chi connectivity index (χ1n) is 3.33. The van der Waals surface area contributed by atoms with E-state index >= 15 is 0 Å². The second-order valence-corrected chi connectivity index (χ2v) is 2.12. The first-order valence-corrected chi connectivity index (χ1v) is 3.33. The summed E-state index contributed by atoms with van der Waals surface area (Å²) >= 11 is 0. The third-order valence-corrected chi connectivity index (χ3v) is 1.37. The molecule has 4 nitrogen and oxygen atoms in total. The molecule has 0 aromatic carbocycles. The molecule has 1 atom stereocenters. The molecule has 1 saturated heterocycles. The van der Waals surface area contributed by atoms with Crippen LogP contribution in [-0.2, 0) is 14.4 Å². The summed E-state index contributed by atoms with van der Waals surface area (Å²) in [5, 5.41) is 0. The van der Waals surface area contributed by atoms with E-state index in [4.69, 9.17) is 9.57 Å². The van der Waals surface area contributed by atoms with Crippen LogP contribution in [0.5, 0.6) is 0 Å². The SMILES string of the molecule is O=[C]NOC1CCCCO1. The van der Waals surface area contributed by atoms with Gasteiger partial charge >= 0.3 is 6.41 Å². The lowest BCUT2D eigenvalue weighted by Gasteiger charge is -2.20. The van der Waals surface area contributed by atoms with Crippen molar-refractivity contribution in [1.82, 2.24) is 5.48 Å². The molecule has 0 spiro atoms. The number of rotatable bonds is 3. The lowest BCUT2D eigenvalue weighted by atomic mass is 10.2. The molecular formula is C6H10NO3. The summed E-state index contributed by atoms with van der Waals surface area (Å²) in [7, 11) is 0. The molecule has 0 aromatic heterocycles. The Kier molecular flexibility index (Phi) is 3.18. The van der Waals surface area contributed by atoms with Crippen molar-refractivity contribution in [2.24, 2.45) is 0 Å². The van der Waals surface area contributed by atoms with Crippen molar-refractivity contribution < 1.29 is 14.4 Å². The van der Waals surface area contributed by atoms with Gasteiger partial charge in [0.1, 0.15) is 0 Å². The van der Waals surface area contributed by atoms with Crippen LogP contribution in [0.3, 0.4) is 0 Å². The Morgan fingerprint density at radius 2 is 2.50 bits per heavy atom. The molecule has 0 aliphatic carbocycles. The van der Waals surface area contributed by atoms with E-state index in [2.05, 4.69) is 0 Å². The van der Waals surface area contributed by atoms with Crippen LogP contribution in [-0.4, -0.2) is 19.3 Å². The number of hydroxylamine groups is 1. The van der Waals surface area contributed by atoms with Crippen LogP contribution in [0.25, 0.3) is 0 Å². The third kappa shape index (κ3) is 2.33. The topological polar surface area (TPSA) is 47.6 Å². The fourth-order valence-corrected chi connectivity index (χ4v) is 0.894. The van der Waals surface area contributed by atoms with Gasteiger partial charge in [-0.3, -0.25) is 4.79 Å². The van der Waals surface area contributed by atoms with Crippen LogP contribution < -0.4 is 5.48 Å². The van der Waals surface area contributed by atoms with E-state index in [1.807, 2.05) is 5.48 Å². The number of amides is 1. The van der Waals surface area contributed by atoms with Gasteiger partial charge in [0, 0.05) is 13.0 Å². The van der Waals surface area contributed by atoms with Gasteiger partial charge in [0.2, 0.25) is 0 Å². The molecule has 10 heavy (non-hydrogen) atoms. The van der Waals surface area contributed by atoms with Crippen LogP contribution in [0.1, 0.15) is 19.3 Å². The number of hydrogen-bond acceptors (Lipinski definition) is 3. The monoisotopic (exact) mass is 144 g/mol. The fourth-order valence-electron chi connectivity index (χ4n) is 0.894. The summed E-state index contributed by atoms with van der Waals surface area (Å²) < 4.78 is 5.12. The van der Waals surface area contributed by atoms with Crippen molar-refractivity contribution in [3.63, 3.8) is 0 Å². The molecule has 1 unspecified atom stereocenters. The van der Waals surface area contributed by atoms with E-state index in [1.54, 1.807) is 0 Å². The summed E-state index contributed by atoms with van der Waals surface area (Å²) in [5.41, 5.74) is 1.99. The Labute approximate surface area is 59.5 Å². The molecule has 4 heteroatoms. The molecule has 1 radical (unpaired) electrons. The van der Waals surface area contributed by atoms with Gasteiger partial charge in [0.15, 0.2) is 6.29 Å². The van der Waals surface area contributed by atoms with Gasteiger partial charge < -0.3 is 4.74 Å². The number of ether oxygens (including phenoxy) is 1. The van der Waals surface area contributed by atoms with E-state index < -0.39 is 0 Å². The van der Waals surface area contributed by atoms with Crippen molar-refractivity contribution in [2.45, 2.75) is 25.6 Å². The lowest BCUT2D eigenvalue weighted by molar-refractivity contribution is -0.182. The minimum Gasteiger partial charge on any atom is -0.350 e. The summed E-state index contributed by atoms with van der Waals surface area (Å²) in [6.45, 7) is 0.713. The quantitative estimate of drug-likeness (QED) is 0.451. The average Bonchev–Trinajstić information content (AvgIpc) is 2.03. The Hall–Kier alpha value is -0.610. The first-order chi connectivity index (χ1) is 4.93. The van der Waals surface area contributed by atoms with Crippen LogP contribution in [0.4, 0.5) is 0 Å². The molecule has 1 fully saturated rings. The summed E-state index contributed by atoms with van der Waals surface area (Å²) in [4.78, 5) is 14.4. The van der Waals surface area contributed by atoms with Crippen molar-refractivity contribution in [3.8, 4) is 0 Å². The van der Waals surface area contributed by atoms with E-state index in [9.17, 15) is 4.79 Å². The highest BCUT2D eigenvalue weighted by molar-refractivity contribution is 5.44. The standard InChI is InChI=1S/C6H10NO3/c8-5-7-10-6-3-1-2-4-9-6/h6H,1-4H2,(H,7,8). The molecule has 0 saturated carbocycles. The van der Waals surface area contributed by atoms with Gasteiger partial charge in [-0.15, -0.1) is 0 Å². The van der Waals surface area contributed by atoms with Gasteiger partial charge in [0.05, 0.1) is 0 Å². The van der Waals surface area contributed by atoms with Crippen molar-refractivity contribution in [1.29, 1.82) is 0 Å². The lowest BCUT2D eigenvalue weighted by Crippen LogP contribution is -2.28. The van der Waals surface area contributed by atoms with Crippen molar-refractivity contribution in [3.05, 3.63) is 0 Å². The van der Waals surface area contributed by atoms with Crippen LogP contribution in [0, 0.1) is 0 Å². The first kappa shape index (κ1) is 7.50. The van der Waals surface area contributed by atoms with Crippen LogP contribution in [0.15, 0.2) is 0 Å². The predicted octanol–water partition coefficient (Wildman–Crippen LogP) is 0.101. The number of carbonyl (C=O) groups excluding carboxylic acids is 1. The third-order valence-electron chi connectivity index (χ3n) is 1.37. The van der Waals surface area contributed by atoms with Crippen molar-refractivity contribution in [2.75, 3.05) is 6.61 Å². The van der Waals surface area contributed by atoms with E-state index in [0.29, 0.717) is 6.61 Å². The van der Waals surface area contributed by atoms with Gasteiger partial charge in [-0.25, -0.2) is 10.3 Å². The largest absolute Gasteiger partial charge is 0.350 e. The molecule has 1 aliphatic rings. The fraction of sp³-hybridized carbons (Fsp3) is 0.833. The average molecular weight is 144 g/mol. The Balaban J connectivity index is 2.07. The van der Waals surface area contributed by atoms with Gasteiger partial charge in [-0.05, 0) is 12.8 Å². The molecular weight excluding hydrogens is 134 g/mol. The molecule has 1 heterocycles. The minimum absolute atomic E-state index is 0.268. The Morgan fingerprint density at radius 3 is 3.10 bits per heavy atom. The second-order valence-electron chi connectivity index (χ2n) is 2.12. The zero-order valence-corrected chi connectivity index (χ0v) is 5.63. The zero-order valence-electron chi connectivity index (χ0n) is 5.63. The van der Waals surface area contributed by atoms with E-state index in [-0.39, 0.29) is 6.29 Å². The van der Waals surface area contributed by atoms with Gasteiger partial charge in [-0.1, -0.05) is 0 Å². The van der Waals surface area contributed by atoms with Gasteiger partial charge in [0.25, 0.3) is 0 Å². The molecule has 1 aliphatic heterocycles. The highest BCUT2D eigenvalue weighted by Crippen LogP contribution is 2.11. The van der Waals surface area contributed by atoms with E-state index in [0.717, 1.165) is 19.3 Å². The number of nitrogens with one attached hydrogen (secondary N) is 1. The smallest absolute Gasteiger partial charge is 0.335 e. The van der Waals surface area contributed by atoms with Crippen LogP contribution >= 0.6 is 0 Å². The highest BCUT2D eigenvalue weighted by atomic mass is 16.8. The zero-order chi connectivity index (χ0) is 7.23. The molecule has 0 bridgehead atoms. The van der Waals surface area contributed by atoms with Crippen LogP contribution in [0.2, 0.25) is 0 Å². The Morgan fingerprint density at radius 1 is 1.60 bits per heavy atom. The maximum atomic E-state index is 9.63. The van der Waals surface area contributed by atoms with Gasteiger partial charge in [-0.2, -0.15) is 0 Å². The highest BCUT2D eigenvalue weighted by Gasteiger charge is 2.13. The second kappa shape index (κ2) is 4.24. The normalized spacial score (nSPS) is 25.8. The summed E-state index contributed by atoms with van der Waals surface area (Å²) in [5.74, 6) is 0. The maximum Gasteiger partial charge on any atom is 0.335 e. The van der Waals surface area contributed by atoms with Crippen molar-refractivity contribution >= 4 is 6.41 Å².